The Morgan fingerprint density at radius 2 is 1.23 bits per heavy atom. The molecule has 0 fully saturated rings. The van der Waals surface area contributed by atoms with Gasteiger partial charge in [-0.2, -0.15) is 0 Å². The fourth-order valence-electron chi connectivity index (χ4n) is 3.70. The number of esters is 2. The molecule has 0 aliphatic rings. The van der Waals surface area contributed by atoms with Gasteiger partial charge < -0.3 is 9.47 Å². The van der Waals surface area contributed by atoms with E-state index in [1.54, 1.807) is 0 Å². The van der Waals surface area contributed by atoms with Crippen LogP contribution in [0.15, 0.2) is 42.5 Å². The standard InChI is InChI=1S/C26H30O4/c1-4-7-16-22(27)29-25-19-13-9-10-14-20(19)26(30-23(28)17-8-5-2)24-18(6-3)12-11-15-21(24)25/h9-15H,4-8,16-17H2,1-3H3. The molecule has 3 aromatic rings. The number of fused-ring (bicyclic) bond motifs is 2. The van der Waals surface area contributed by atoms with Gasteiger partial charge in [-0.3, -0.25) is 9.59 Å². The van der Waals surface area contributed by atoms with Gasteiger partial charge in [0.15, 0.2) is 0 Å². The summed E-state index contributed by atoms with van der Waals surface area (Å²) in [6.45, 7) is 6.17. The predicted octanol–water partition coefficient (Wildman–Crippen LogP) is 6.75. The van der Waals surface area contributed by atoms with Crippen molar-refractivity contribution in [2.75, 3.05) is 0 Å². The molecule has 0 unspecified atom stereocenters. The van der Waals surface area contributed by atoms with Crippen molar-refractivity contribution in [3.63, 3.8) is 0 Å². The lowest BCUT2D eigenvalue weighted by atomic mass is 9.96. The molecule has 4 nitrogen and oxygen atoms in total. The summed E-state index contributed by atoms with van der Waals surface area (Å²) in [6.07, 6.45) is 5.00. The highest BCUT2D eigenvalue weighted by atomic mass is 16.5. The summed E-state index contributed by atoms with van der Waals surface area (Å²) in [5.41, 5.74) is 1.06. The van der Waals surface area contributed by atoms with Crippen molar-refractivity contribution in [2.45, 2.75) is 65.7 Å². The van der Waals surface area contributed by atoms with Crippen LogP contribution in [-0.2, 0) is 16.0 Å². The zero-order valence-electron chi connectivity index (χ0n) is 18.1. The fraction of sp³-hybridized carbons (Fsp3) is 0.385. The zero-order chi connectivity index (χ0) is 21.5. The molecule has 0 amide bonds. The van der Waals surface area contributed by atoms with Gasteiger partial charge in [0.25, 0.3) is 0 Å². The van der Waals surface area contributed by atoms with Gasteiger partial charge in [0.1, 0.15) is 11.5 Å². The van der Waals surface area contributed by atoms with E-state index >= 15 is 0 Å². The van der Waals surface area contributed by atoms with Gasteiger partial charge in [-0.1, -0.05) is 76.1 Å². The first-order valence-corrected chi connectivity index (χ1v) is 11.0. The molecule has 0 saturated heterocycles. The van der Waals surface area contributed by atoms with Crippen LogP contribution in [0.4, 0.5) is 0 Å². The number of carbonyl (C=O) groups is 2. The maximum Gasteiger partial charge on any atom is 0.311 e. The van der Waals surface area contributed by atoms with Gasteiger partial charge in [-0.25, -0.2) is 0 Å². The second kappa shape index (κ2) is 10.2. The summed E-state index contributed by atoms with van der Waals surface area (Å²) < 4.78 is 11.8. The smallest absolute Gasteiger partial charge is 0.311 e. The molecule has 0 N–H and O–H groups in total. The lowest BCUT2D eigenvalue weighted by Gasteiger charge is -2.18. The molecule has 0 saturated carbocycles. The molecule has 0 aliphatic heterocycles. The maximum atomic E-state index is 12.5. The second-order valence-electron chi connectivity index (χ2n) is 7.55. The van der Waals surface area contributed by atoms with Crippen LogP contribution in [0.1, 0.15) is 64.9 Å². The van der Waals surface area contributed by atoms with Crippen molar-refractivity contribution in [2.24, 2.45) is 0 Å². The summed E-state index contributed by atoms with van der Waals surface area (Å²) in [7, 11) is 0. The first kappa shape index (κ1) is 21.8. The van der Waals surface area contributed by atoms with E-state index in [0.717, 1.165) is 59.2 Å². The average Bonchev–Trinajstić information content (AvgIpc) is 2.77. The number of aryl methyl sites for hydroxylation is 1. The van der Waals surface area contributed by atoms with Crippen LogP contribution in [0.5, 0.6) is 11.5 Å². The van der Waals surface area contributed by atoms with Crippen LogP contribution in [-0.4, -0.2) is 11.9 Å². The lowest BCUT2D eigenvalue weighted by molar-refractivity contribution is -0.135. The van der Waals surface area contributed by atoms with Crippen LogP contribution in [0.2, 0.25) is 0 Å². The first-order valence-electron chi connectivity index (χ1n) is 11.0. The van der Waals surface area contributed by atoms with E-state index in [1.807, 2.05) is 49.4 Å². The van der Waals surface area contributed by atoms with Crippen molar-refractivity contribution in [1.29, 1.82) is 0 Å². The molecular weight excluding hydrogens is 376 g/mol. The molecule has 0 radical (unpaired) electrons. The Morgan fingerprint density at radius 1 is 0.700 bits per heavy atom. The van der Waals surface area contributed by atoms with E-state index in [-0.39, 0.29) is 11.9 Å². The predicted molar refractivity (Wildman–Crippen MR) is 121 cm³/mol. The summed E-state index contributed by atoms with van der Waals surface area (Å²) in [6, 6.07) is 13.6. The van der Waals surface area contributed by atoms with E-state index in [0.29, 0.717) is 24.3 Å². The van der Waals surface area contributed by atoms with Crippen LogP contribution in [0.25, 0.3) is 21.5 Å². The van der Waals surface area contributed by atoms with Crippen LogP contribution >= 0.6 is 0 Å². The van der Waals surface area contributed by atoms with Gasteiger partial charge >= 0.3 is 11.9 Å². The van der Waals surface area contributed by atoms with Gasteiger partial charge in [-0.05, 0) is 24.8 Å². The fourth-order valence-corrected chi connectivity index (χ4v) is 3.70. The summed E-state index contributed by atoms with van der Waals surface area (Å²) in [5, 5.41) is 3.22. The molecule has 0 atom stereocenters. The van der Waals surface area contributed by atoms with Gasteiger partial charge in [-0.15, -0.1) is 0 Å². The SMILES string of the molecule is CCCCC(=O)Oc1c2ccccc2c(OC(=O)CCCC)c2c(CC)cccc12. The Hall–Kier alpha value is -2.88. The number of carbonyl (C=O) groups excluding carboxylic acids is 2. The Labute approximate surface area is 178 Å². The van der Waals surface area contributed by atoms with Crippen LogP contribution in [0.3, 0.4) is 0 Å². The minimum absolute atomic E-state index is 0.234. The third kappa shape index (κ3) is 4.64. The topological polar surface area (TPSA) is 52.6 Å². The van der Waals surface area contributed by atoms with Crippen molar-refractivity contribution in [3.05, 3.63) is 48.0 Å². The number of hydrogen-bond acceptors (Lipinski definition) is 4. The highest BCUT2D eigenvalue weighted by Crippen LogP contribution is 2.44. The minimum Gasteiger partial charge on any atom is -0.425 e. The third-order valence-corrected chi connectivity index (χ3v) is 5.32. The minimum atomic E-state index is -0.238. The normalized spacial score (nSPS) is 11.0. The Kier molecular flexibility index (Phi) is 7.45. The molecule has 3 rings (SSSR count). The Morgan fingerprint density at radius 3 is 1.80 bits per heavy atom. The van der Waals surface area contributed by atoms with E-state index in [4.69, 9.17) is 9.47 Å². The molecule has 4 heteroatoms. The number of rotatable bonds is 9. The molecule has 0 heterocycles. The van der Waals surface area contributed by atoms with E-state index in [9.17, 15) is 9.59 Å². The first-order chi connectivity index (χ1) is 14.6. The van der Waals surface area contributed by atoms with Gasteiger partial charge in [0, 0.05) is 34.4 Å². The van der Waals surface area contributed by atoms with Crippen LogP contribution in [0, 0.1) is 0 Å². The molecule has 3 aromatic carbocycles. The van der Waals surface area contributed by atoms with Crippen molar-refractivity contribution in [3.8, 4) is 11.5 Å². The Bertz CT molecular complexity index is 1050. The largest absolute Gasteiger partial charge is 0.425 e. The van der Waals surface area contributed by atoms with Crippen molar-refractivity contribution >= 4 is 33.5 Å². The average molecular weight is 407 g/mol. The quantitative estimate of drug-likeness (QED) is 0.224. The van der Waals surface area contributed by atoms with Crippen molar-refractivity contribution in [1.82, 2.24) is 0 Å². The molecule has 0 spiro atoms. The zero-order valence-corrected chi connectivity index (χ0v) is 18.1. The molecular formula is C26H30O4. The third-order valence-electron chi connectivity index (χ3n) is 5.32. The van der Waals surface area contributed by atoms with Gasteiger partial charge in [0.2, 0.25) is 0 Å². The van der Waals surface area contributed by atoms with Gasteiger partial charge in [0.05, 0.1) is 0 Å². The van der Waals surface area contributed by atoms with Crippen molar-refractivity contribution < 1.29 is 19.1 Å². The van der Waals surface area contributed by atoms with E-state index in [1.165, 1.54) is 0 Å². The highest BCUT2D eigenvalue weighted by molar-refractivity contribution is 6.13. The molecule has 0 bridgehead atoms. The lowest BCUT2D eigenvalue weighted by Crippen LogP contribution is -2.11. The molecule has 0 aromatic heterocycles. The number of hydrogen-bond donors (Lipinski definition) is 0. The molecule has 30 heavy (non-hydrogen) atoms. The summed E-state index contributed by atoms with van der Waals surface area (Å²) in [4.78, 5) is 25.0. The van der Waals surface area contributed by atoms with E-state index in [2.05, 4.69) is 13.8 Å². The molecule has 158 valence electrons. The monoisotopic (exact) mass is 406 g/mol. The van der Waals surface area contributed by atoms with E-state index < -0.39 is 0 Å². The molecule has 0 aliphatic carbocycles. The summed E-state index contributed by atoms with van der Waals surface area (Å²) >= 11 is 0. The summed E-state index contributed by atoms with van der Waals surface area (Å²) in [5.74, 6) is 0.637. The Balaban J connectivity index is 2.23. The maximum absolute atomic E-state index is 12.5. The highest BCUT2D eigenvalue weighted by Gasteiger charge is 2.21. The van der Waals surface area contributed by atoms with Crippen LogP contribution < -0.4 is 9.47 Å². The number of ether oxygens (including phenoxy) is 2. The number of unbranched alkanes of at least 4 members (excludes halogenated alkanes) is 2. The second-order valence-corrected chi connectivity index (χ2v) is 7.55. The number of benzene rings is 3.